The quantitative estimate of drug-likeness (QED) is 0.493. The summed E-state index contributed by atoms with van der Waals surface area (Å²) in [6.07, 6.45) is 12.5. The highest BCUT2D eigenvalue weighted by Crippen LogP contribution is 2.72. The lowest BCUT2D eigenvalue weighted by Gasteiger charge is -2.51. The largest absolute Gasteiger partial charge is 0.496 e. The van der Waals surface area contributed by atoms with E-state index in [1.54, 1.807) is 7.11 Å². The molecule has 1 aromatic rings. The van der Waals surface area contributed by atoms with E-state index in [-0.39, 0.29) is 10.8 Å². The highest BCUT2D eigenvalue weighted by molar-refractivity contribution is 5.46. The van der Waals surface area contributed by atoms with Crippen molar-refractivity contribution in [2.45, 2.75) is 97.5 Å². The van der Waals surface area contributed by atoms with E-state index in [0.29, 0.717) is 5.92 Å². The van der Waals surface area contributed by atoms with Crippen molar-refractivity contribution in [1.29, 1.82) is 0 Å². The van der Waals surface area contributed by atoms with Crippen molar-refractivity contribution < 1.29 is 9.84 Å². The van der Waals surface area contributed by atoms with E-state index in [4.69, 9.17) is 4.74 Å². The third-order valence-corrected chi connectivity index (χ3v) is 8.04. The highest BCUT2D eigenvalue weighted by atomic mass is 16.5. The van der Waals surface area contributed by atoms with Gasteiger partial charge in [-0.15, -0.1) is 0 Å². The van der Waals surface area contributed by atoms with Crippen molar-refractivity contribution in [2.75, 3.05) is 7.11 Å². The summed E-state index contributed by atoms with van der Waals surface area (Å²) in [5.41, 5.74) is 1.39. The highest BCUT2D eigenvalue weighted by Gasteiger charge is 2.69. The van der Waals surface area contributed by atoms with E-state index in [2.05, 4.69) is 45.9 Å². The second kappa shape index (κ2) is 7.78. The van der Waals surface area contributed by atoms with Gasteiger partial charge in [-0.3, -0.25) is 0 Å². The second-order valence-corrected chi connectivity index (χ2v) is 9.98. The zero-order chi connectivity index (χ0) is 19.7. The molecule has 152 valence electrons. The van der Waals surface area contributed by atoms with Gasteiger partial charge in [0, 0.05) is 16.4 Å². The van der Waals surface area contributed by atoms with Crippen molar-refractivity contribution in [3.8, 4) is 5.75 Å². The minimum absolute atomic E-state index is 0.0484. The molecule has 2 aliphatic rings. The van der Waals surface area contributed by atoms with Gasteiger partial charge in [0.1, 0.15) is 11.4 Å². The molecule has 0 heterocycles. The minimum atomic E-state index is -0.814. The Hall–Kier alpha value is -1.02. The smallest absolute Gasteiger partial charge is 0.125 e. The fraction of sp³-hybridized carbons (Fsp3) is 0.760. The molecule has 27 heavy (non-hydrogen) atoms. The van der Waals surface area contributed by atoms with Gasteiger partial charge in [-0.2, -0.15) is 0 Å². The van der Waals surface area contributed by atoms with Crippen LogP contribution >= 0.6 is 0 Å². The number of hydrogen-bond acceptors (Lipinski definition) is 2. The van der Waals surface area contributed by atoms with Gasteiger partial charge >= 0.3 is 0 Å². The van der Waals surface area contributed by atoms with Crippen LogP contribution in [-0.4, -0.2) is 12.2 Å². The Kier molecular flexibility index (Phi) is 5.96. The van der Waals surface area contributed by atoms with E-state index < -0.39 is 5.60 Å². The molecule has 3 unspecified atom stereocenters. The first-order valence-electron chi connectivity index (χ1n) is 11.2. The van der Waals surface area contributed by atoms with Crippen LogP contribution in [0.15, 0.2) is 18.2 Å². The molecule has 2 aliphatic carbocycles. The molecule has 0 aliphatic heterocycles. The molecule has 0 radical (unpaired) electrons. The zero-order valence-electron chi connectivity index (χ0n) is 18.2. The summed E-state index contributed by atoms with van der Waals surface area (Å²) in [7, 11) is 1.73. The van der Waals surface area contributed by atoms with Gasteiger partial charge in [0.05, 0.1) is 7.11 Å². The summed E-state index contributed by atoms with van der Waals surface area (Å²) in [6.45, 7) is 9.09. The standard InChI is InChI=1S/C25H40O2/c1-6-7-8-9-10-11-12-19-13-14-22(27-5)21(17-19)25(26)23(2,3)20-15-16-24(25,4)18-20/h13-14,17,20,26H,6-12,15-16,18H2,1-5H3. The molecule has 0 spiro atoms. The summed E-state index contributed by atoms with van der Waals surface area (Å²) >= 11 is 0. The third kappa shape index (κ3) is 3.33. The summed E-state index contributed by atoms with van der Waals surface area (Å²) in [5, 5.41) is 12.2. The van der Waals surface area contributed by atoms with Crippen LogP contribution in [0.4, 0.5) is 0 Å². The van der Waals surface area contributed by atoms with Crippen molar-refractivity contribution in [3.63, 3.8) is 0 Å². The van der Waals surface area contributed by atoms with E-state index in [9.17, 15) is 5.11 Å². The number of methoxy groups -OCH3 is 1. The van der Waals surface area contributed by atoms with E-state index in [1.165, 1.54) is 50.5 Å². The van der Waals surface area contributed by atoms with Crippen molar-refractivity contribution in [2.24, 2.45) is 16.7 Å². The van der Waals surface area contributed by atoms with E-state index in [0.717, 1.165) is 30.6 Å². The molecule has 3 atom stereocenters. The summed E-state index contributed by atoms with van der Waals surface area (Å²) < 4.78 is 5.73. The second-order valence-electron chi connectivity index (χ2n) is 9.98. The van der Waals surface area contributed by atoms with Gasteiger partial charge in [-0.1, -0.05) is 65.9 Å². The van der Waals surface area contributed by atoms with Crippen LogP contribution < -0.4 is 4.74 Å². The number of hydrogen-bond donors (Lipinski definition) is 1. The minimum Gasteiger partial charge on any atom is -0.496 e. The van der Waals surface area contributed by atoms with Gasteiger partial charge < -0.3 is 9.84 Å². The van der Waals surface area contributed by atoms with Gasteiger partial charge in [-0.25, -0.2) is 0 Å². The molecule has 1 aromatic carbocycles. The van der Waals surface area contributed by atoms with E-state index >= 15 is 0 Å². The van der Waals surface area contributed by atoms with E-state index in [1.807, 2.05) is 0 Å². The Morgan fingerprint density at radius 3 is 2.41 bits per heavy atom. The number of ether oxygens (including phenoxy) is 1. The molecule has 0 aromatic heterocycles. The van der Waals surface area contributed by atoms with Gasteiger partial charge in [0.15, 0.2) is 0 Å². The molecule has 1 N–H and O–H groups in total. The number of unbranched alkanes of at least 4 members (excludes halogenated alkanes) is 5. The Morgan fingerprint density at radius 1 is 1.07 bits per heavy atom. The molecule has 2 saturated carbocycles. The number of aryl methyl sites for hydroxylation is 1. The lowest BCUT2D eigenvalue weighted by molar-refractivity contribution is -0.151. The topological polar surface area (TPSA) is 29.5 Å². The fourth-order valence-corrected chi connectivity index (χ4v) is 6.23. The first kappa shape index (κ1) is 20.7. The molecule has 2 bridgehead atoms. The molecule has 2 fully saturated rings. The van der Waals surface area contributed by atoms with Crippen molar-refractivity contribution in [3.05, 3.63) is 29.3 Å². The SMILES string of the molecule is CCCCCCCCc1ccc(OC)c(C2(O)C3(C)CCC(C3)C2(C)C)c1. The third-order valence-electron chi connectivity index (χ3n) is 8.04. The Labute approximate surface area is 166 Å². The van der Waals surface area contributed by atoms with Crippen LogP contribution in [0.25, 0.3) is 0 Å². The average Bonchev–Trinajstić information content (AvgIpc) is 3.13. The normalized spacial score (nSPS) is 31.4. The molecule has 2 heteroatoms. The lowest BCUT2D eigenvalue weighted by Crippen LogP contribution is -2.51. The number of aliphatic hydroxyl groups is 1. The molecular weight excluding hydrogens is 332 g/mol. The summed E-state index contributed by atoms with van der Waals surface area (Å²) in [5.74, 6) is 1.45. The number of benzene rings is 1. The van der Waals surface area contributed by atoms with Crippen LogP contribution in [0.1, 0.15) is 96.6 Å². The fourth-order valence-electron chi connectivity index (χ4n) is 6.23. The zero-order valence-corrected chi connectivity index (χ0v) is 18.2. The number of fused-ring (bicyclic) bond motifs is 2. The van der Waals surface area contributed by atoms with Crippen LogP contribution in [0.2, 0.25) is 0 Å². The molecule has 0 amide bonds. The summed E-state index contributed by atoms with van der Waals surface area (Å²) in [6, 6.07) is 6.55. The van der Waals surface area contributed by atoms with Crippen LogP contribution in [-0.2, 0) is 12.0 Å². The Balaban J connectivity index is 1.82. The van der Waals surface area contributed by atoms with Crippen LogP contribution in [0, 0.1) is 16.7 Å². The monoisotopic (exact) mass is 372 g/mol. The maximum Gasteiger partial charge on any atom is 0.125 e. The average molecular weight is 373 g/mol. The first-order valence-corrected chi connectivity index (χ1v) is 11.2. The predicted molar refractivity (Wildman–Crippen MR) is 113 cm³/mol. The molecule has 0 saturated heterocycles. The maximum absolute atomic E-state index is 12.2. The lowest BCUT2D eigenvalue weighted by atomic mass is 9.57. The molecule has 3 rings (SSSR count). The first-order chi connectivity index (χ1) is 12.8. The Bertz CT molecular complexity index is 643. The van der Waals surface area contributed by atoms with Gasteiger partial charge in [0.2, 0.25) is 0 Å². The summed E-state index contributed by atoms with van der Waals surface area (Å²) in [4.78, 5) is 0. The predicted octanol–water partition coefficient (Wildman–Crippen LogP) is 6.63. The number of rotatable bonds is 9. The maximum atomic E-state index is 12.2. The molecular formula is C25H40O2. The van der Waals surface area contributed by atoms with Gasteiger partial charge in [-0.05, 0) is 55.7 Å². The molecule has 2 nitrogen and oxygen atoms in total. The van der Waals surface area contributed by atoms with Gasteiger partial charge in [0.25, 0.3) is 0 Å². The van der Waals surface area contributed by atoms with Crippen LogP contribution in [0.3, 0.4) is 0 Å². The Morgan fingerprint density at radius 2 is 1.78 bits per heavy atom. The van der Waals surface area contributed by atoms with Crippen LogP contribution in [0.5, 0.6) is 5.75 Å². The van der Waals surface area contributed by atoms with Crippen molar-refractivity contribution >= 4 is 0 Å². The van der Waals surface area contributed by atoms with Crippen molar-refractivity contribution in [1.82, 2.24) is 0 Å².